The first kappa shape index (κ1) is 17.2. The highest BCUT2D eigenvalue weighted by atomic mass is 32.1. The van der Waals surface area contributed by atoms with Crippen molar-refractivity contribution in [3.63, 3.8) is 0 Å². The van der Waals surface area contributed by atoms with Crippen LogP contribution in [0.5, 0.6) is 0 Å². The summed E-state index contributed by atoms with van der Waals surface area (Å²) in [6, 6.07) is 0. The number of rotatable bonds is 4. The van der Waals surface area contributed by atoms with Crippen molar-refractivity contribution in [3.05, 3.63) is 27.8 Å². The van der Waals surface area contributed by atoms with Gasteiger partial charge in [0, 0.05) is 22.9 Å². The lowest BCUT2D eigenvalue weighted by Crippen LogP contribution is -2.28. The number of nitrogens with zero attached hydrogens (tertiary/aromatic N) is 2. The first-order valence-electron chi connectivity index (χ1n) is 9.06. The van der Waals surface area contributed by atoms with Gasteiger partial charge in [0.2, 0.25) is 5.91 Å². The molecule has 0 spiro atoms. The summed E-state index contributed by atoms with van der Waals surface area (Å²) in [6.45, 7) is 4.11. The van der Waals surface area contributed by atoms with Gasteiger partial charge in [0.05, 0.1) is 18.0 Å². The van der Waals surface area contributed by atoms with E-state index < -0.39 is 0 Å². The molecule has 8 heteroatoms. The number of imidazole rings is 1. The van der Waals surface area contributed by atoms with Crippen molar-refractivity contribution in [2.75, 3.05) is 11.9 Å². The number of esters is 1. The predicted molar refractivity (Wildman–Crippen MR) is 97.3 cm³/mol. The fourth-order valence-electron chi connectivity index (χ4n) is 3.81. The van der Waals surface area contributed by atoms with Gasteiger partial charge in [0.15, 0.2) is 5.13 Å². The van der Waals surface area contributed by atoms with Crippen molar-refractivity contribution >= 4 is 28.3 Å². The Morgan fingerprint density at radius 3 is 2.96 bits per heavy atom. The van der Waals surface area contributed by atoms with Crippen LogP contribution in [0.25, 0.3) is 0 Å². The molecule has 0 aliphatic heterocycles. The molecule has 2 heterocycles. The maximum atomic E-state index is 12.7. The van der Waals surface area contributed by atoms with Crippen LogP contribution in [0.3, 0.4) is 0 Å². The summed E-state index contributed by atoms with van der Waals surface area (Å²) < 4.78 is 5.13. The van der Waals surface area contributed by atoms with Gasteiger partial charge in [-0.1, -0.05) is 0 Å². The Hall–Kier alpha value is -2.22. The fraction of sp³-hybridized carbons (Fsp3) is 0.556. The molecule has 0 saturated heterocycles. The molecule has 0 aromatic carbocycles. The molecule has 2 N–H and O–H groups in total. The number of aromatic amines is 1. The maximum Gasteiger partial charge on any atom is 0.315 e. The number of aryl methyl sites for hydroxylation is 3. The van der Waals surface area contributed by atoms with E-state index in [4.69, 9.17) is 4.74 Å². The zero-order valence-corrected chi connectivity index (χ0v) is 15.7. The molecule has 2 aromatic heterocycles. The minimum Gasteiger partial charge on any atom is -0.465 e. The number of anilines is 1. The Kier molecular flexibility index (Phi) is 4.52. The number of hydrogen-bond donors (Lipinski definition) is 2. The minimum atomic E-state index is -0.294. The number of H-pyrrole nitrogens is 1. The Labute approximate surface area is 155 Å². The molecule has 0 radical (unpaired) electrons. The lowest BCUT2D eigenvalue weighted by Gasteiger charge is -2.19. The van der Waals surface area contributed by atoms with Crippen molar-refractivity contribution in [1.82, 2.24) is 15.0 Å². The molecular formula is C18H22N4O3S. The Bertz CT molecular complexity index is 857. The summed E-state index contributed by atoms with van der Waals surface area (Å²) >= 11 is 1.47. The average Bonchev–Trinajstić information content (AvgIpc) is 3.26. The molecule has 2 unspecified atom stereocenters. The third kappa shape index (κ3) is 3.13. The summed E-state index contributed by atoms with van der Waals surface area (Å²) in [5, 5.41) is 3.54. The number of carbonyl (C=O) groups is 2. The Morgan fingerprint density at radius 1 is 1.31 bits per heavy atom. The van der Waals surface area contributed by atoms with Crippen LogP contribution in [0.15, 0.2) is 0 Å². The molecule has 2 aliphatic carbocycles. The lowest BCUT2D eigenvalue weighted by atomic mass is 9.89. The van der Waals surface area contributed by atoms with E-state index in [-0.39, 0.29) is 23.7 Å². The lowest BCUT2D eigenvalue weighted by molar-refractivity contribution is -0.145. The molecule has 2 atom stereocenters. The van der Waals surface area contributed by atoms with Crippen LogP contribution in [0.4, 0.5) is 5.13 Å². The van der Waals surface area contributed by atoms with Gasteiger partial charge in [0.1, 0.15) is 11.7 Å². The third-order valence-electron chi connectivity index (χ3n) is 5.05. The van der Waals surface area contributed by atoms with Crippen molar-refractivity contribution in [3.8, 4) is 0 Å². The normalized spacial score (nSPS) is 21.2. The van der Waals surface area contributed by atoms with Crippen LogP contribution in [0, 0.1) is 12.8 Å². The number of carbonyl (C=O) groups excluding carboxylic acids is 2. The largest absolute Gasteiger partial charge is 0.465 e. The molecule has 0 saturated carbocycles. The maximum absolute atomic E-state index is 12.7. The predicted octanol–water partition coefficient (Wildman–Crippen LogP) is 2.51. The van der Waals surface area contributed by atoms with Crippen molar-refractivity contribution in [1.29, 1.82) is 0 Å². The SMILES string of the molecule is CCOC(=O)C1CCc2sc(NC(=O)C3CCc4nc(C)[nH]c4C3)nc21. The first-order chi connectivity index (χ1) is 12.5. The van der Waals surface area contributed by atoms with Gasteiger partial charge >= 0.3 is 5.97 Å². The van der Waals surface area contributed by atoms with Crippen LogP contribution in [-0.4, -0.2) is 33.4 Å². The molecule has 4 rings (SSSR count). The van der Waals surface area contributed by atoms with Crippen LogP contribution < -0.4 is 5.32 Å². The summed E-state index contributed by atoms with van der Waals surface area (Å²) in [5.41, 5.74) is 2.92. The number of ether oxygens (including phenoxy) is 1. The first-order valence-corrected chi connectivity index (χ1v) is 9.88. The summed E-state index contributed by atoms with van der Waals surface area (Å²) in [6.07, 6.45) is 3.84. The van der Waals surface area contributed by atoms with E-state index in [1.807, 2.05) is 6.92 Å². The van der Waals surface area contributed by atoms with Gasteiger partial charge in [-0.2, -0.15) is 0 Å². The van der Waals surface area contributed by atoms with Crippen LogP contribution in [-0.2, 0) is 33.6 Å². The molecule has 1 amide bonds. The van der Waals surface area contributed by atoms with E-state index in [1.165, 1.54) is 11.3 Å². The monoisotopic (exact) mass is 374 g/mol. The van der Waals surface area contributed by atoms with Gasteiger partial charge in [0.25, 0.3) is 0 Å². The van der Waals surface area contributed by atoms with E-state index in [9.17, 15) is 9.59 Å². The highest BCUT2D eigenvalue weighted by Crippen LogP contribution is 2.39. The molecular weight excluding hydrogens is 352 g/mol. The number of aromatic nitrogens is 3. The topological polar surface area (TPSA) is 97.0 Å². The van der Waals surface area contributed by atoms with Crippen molar-refractivity contribution < 1.29 is 14.3 Å². The van der Waals surface area contributed by atoms with Crippen molar-refractivity contribution in [2.24, 2.45) is 5.92 Å². The second-order valence-electron chi connectivity index (χ2n) is 6.85. The van der Waals surface area contributed by atoms with Gasteiger partial charge < -0.3 is 15.0 Å². The standard InChI is InChI=1S/C18H22N4O3S/c1-3-25-17(24)11-5-7-14-15(11)21-18(26-14)22-16(23)10-4-6-12-13(8-10)20-9(2)19-12/h10-11H,3-8H2,1-2H3,(H,19,20)(H,21,22,23). The van der Waals surface area contributed by atoms with Gasteiger partial charge in [-0.15, -0.1) is 11.3 Å². The van der Waals surface area contributed by atoms with E-state index in [0.29, 0.717) is 18.2 Å². The Morgan fingerprint density at radius 2 is 2.15 bits per heavy atom. The van der Waals surface area contributed by atoms with Gasteiger partial charge in [-0.25, -0.2) is 9.97 Å². The van der Waals surface area contributed by atoms with Gasteiger partial charge in [-0.3, -0.25) is 9.59 Å². The number of amides is 1. The minimum absolute atomic E-state index is 0.0111. The molecule has 2 aromatic rings. The second kappa shape index (κ2) is 6.83. The van der Waals surface area contributed by atoms with E-state index in [2.05, 4.69) is 20.3 Å². The molecule has 26 heavy (non-hydrogen) atoms. The quantitative estimate of drug-likeness (QED) is 0.802. The van der Waals surface area contributed by atoms with Gasteiger partial charge in [-0.05, 0) is 39.5 Å². The number of nitrogens with one attached hydrogen (secondary N) is 2. The molecule has 7 nitrogen and oxygen atoms in total. The molecule has 0 fully saturated rings. The molecule has 2 aliphatic rings. The third-order valence-corrected chi connectivity index (χ3v) is 6.10. The highest BCUT2D eigenvalue weighted by molar-refractivity contribution is 7.16. The van der Waals surface area contributed by atoms with E-state index in [1.54, 1.807) is 6.92 Å². The van der Waals surface area contributed by atoms with E-state index >= 15 is 0 Å². The van der Waals surface area contributed by atoms with Crippen LogP contribution >= 0.6 is 11.3 Å². The number of hydrogen-bond acceptors (Lipinski definition) is 6. The fourth-order valence-corrected chi connectivity index (χ4v) is 4.85. The summed E-state index contributed by atoms with van der Waals surface area (Å²) in [5.74, 6) is 0.295. The van der Waals surface area contributed by atoms with Crippen LogP contribution in [0.2, 0.25) is 0 Å². The Balaban J connectivity index is 1.43. The summed E-state index contributed by atoms with van der Waals surface area (Å²) in [4.78, 5) is 38.0. The zero-order valence-electron chi connectivity index (χ0n) is 14.9. The van der Waals surface area contributed by atoms with Crippen LogP contribution in [0.1, 0.15) is 53.5 Å². The smallest absolute Gasteiger partial charge is 0.315 e. The number of thiazole rings is 1. The van der Waals surface area contributed by atoms with E-state index in [0.717, 1.165) is 53.5 Å². The summed E-state index contributed by atoms with van der Waals surface area (Å²) in [7, 11) is 0. The highest BCUT2D eigenvalue weighted by Gasteiger charge is 2.34. The number of fused-ring (bicyclic) bond motifs is 2. The average molecular weight is 374 g/mol. The zero-order chi connectivity index (χ0) is 18.3. The molecule has 138 valence electrons. The molecule has 0 bridgehead atoms. The second-order valence-corrected chi connectivity index (χ2v) is 7.93. The van der Waals surface area contributed by atoms with Crippen molar-refractivity contribution in [2.45, 2.75) is 51.9 Å².